The predicted octanol–water partition coefficient (Wildman–Crippen LogP) is 4.23. The van der Waals surface area contributed by atoms with Gasteiger partial charge in [0.1, 0.15) is 11.9 Å². The quantitative estimate of drug-likeness (QED) is 0.655. The summed E-state index contributed by atoms with van der Waals surface area (Å²) < 4.78 is 7.66. The van der Waals surface area contributed by atoms with Crippen LogP contribution in [0.15, 0.2) is 66.9 Å². The van der Waals surface area contributed by atoms with Crippen molar-refractivity contribution >= 4 is 5.91 Å². The van der Waals surface area contributed by atoms with E-state index in [1.165, 1.54) is 7.11 Å². The fourth-order valence-corrected chi connectivity index (χ4v) is 3.73. The first-order valence-corrected chi connectivity index (χ1v) is 9.79. The van der Waals surface area contributed by atoms with Crippen molar-refractivity contribution in [2.75, 3.05) is 7.11 Å². The van der Waals surface area contributed by atoms with Gasteiger partial charge in [0, 0.05) is 25.4 Å². The Morgan fingerprint density at radius 1 is 1.07 bits per heavy atom. The molecule has 3 aromatic rings. The smallest absolute Gasteiger partial charge is 0.247 e. The van der Waals surface area contributed by atoms with E-state index in [1.54, 1.807) is 0 Å². The molecule has 29 heavy (non-hydrogen) atoms. The van der Waals surface area contributed by atoms with Gasteiger partial charge in [0.15, 0.2) is 0 Å². The molecular weight excluding hydrogens is 362 g/mol. The first-order valence-electron chi connectivity index (χ1n) is 9.79. The summed E-state index contributed by atoms with van der Waals surface area (Å²) in [6, 6.07) is 20.2. The molecule has 0 aliphatic heterocycles. The van der Waals surface area contributed by atoms with Crippen molar-refractivity contribution in [3.63, 3.8) is 0 Å². The van der Waals surface area contributed by atoms with Crippen LogP contribution in [0.3, 0.4) is 0 Å². The highest BCUT2D eigenvalue weighted by Crippen LogP contribution is 2.39. The van der Waals surface area contributed by atoms with Crippen LogP contribution in [-0.4, -0.2) is 28.7 Å². The molecule has 0 fully saturated rings. The number of rotatable bonds is 7. The molecular formula is C24H29N3O2. The zero-order chi connectivity index (χ0) is 21.0. The van der Waals surface area contributed by atoms with Gasteiger partial charge >= 0.3 is 0 Å². The van der Waals surface area contributed by atoms with E-state index in [-0.39, 0.29) is 11.3 Å². The monoisotopic (exact) mass is 391 g/mol. The molecule has 2 aromatic carbocycles. The van der Waals surface area contributed by atoms with Gasteiger partial charge in [0.05, 0.1) is 11.6 Å². The maximum Gasteiger partial charge on any atom is 0.247 e. The lowest BCUT2D eigenvalue weighted by Crippen LogP contribution is -2.42. The maximum absolute atomic E-state index is 12.2. The first kappa shape index (κ1) is 20.8. The van der Waals surface area contributed by atoms with E-state index in [0.29, 0.717) is 6.54 Å². The van der Waals surface area contributed by atoms with E-state index in [0.717, 1.165) is 22.6 Å². The van der Waals surface area contributed by atoms with Gasteiger partial charge in [-0.25, -0.2) is 4.98 Å². The summed E-state index contributed by atoms with van der Waals surface area (Å²) in [7, 11) is 1.52. The van der Waals surface area contributed by atoms with Crippen LogP contribution in [0.2, 0.25) is 0 Å². The minimum atomic E-state index is -0.768. The Morgan fingerprint density at radius 2 is 1.66 bits per heavy atom. The SMILES string of the molecule is COC(C(N)=O)[C@@H](c1nc(-c2ccccc2)cn1Cc1ccccc1)C(C)(C)C. The van der Waals surface area contributed by atoms with Gasteiger partial charge in [-0.1, -0.05) is 81.4 Å². The largest absolute Gasteiger partial charge is 0.371 e. The lowest BCUT2D eigenvalue weighted by atomic mass is 9.76. The number of nitrogens with zero attached hydrogens (tertiary/aromatic N) is 2. The second-order valence-corrected chi connectivity index (χ2v) is 8.37. The van der Waals surface area contributed by atoms with Crippen LogP contribution < -0.4 is 5.73 Å². The Labute approximate surface area is 172 Å². The van der Waals surface area contributed by atoms with Gasteiger partial charge in [-0.05, 0) is 11.0 Å². The van der Waals surface area contributed by atoms with E-state index in [9.17, 15) is 4.79 Å². The highest BCUT2D eigenvalue weighted by Gasteiger charge is 2.40. The van der Waals surface area contributed by atoms with Crippen LogP contribution in [0.4, 0.5) is 0 Å². The molecule has 0 saturated carbocycles. The minimum Gasteiger partial charge on any atom is -0.371 e. The molecule has 0 aliphatic carbocycles. The van der Waals surface area contributed by atoms with Crippen molar-refractivity contribution in [1.82, 2.24) is 9.55 Å². The third kappa shape index (κ3) is 4.74. The Balaban J connectivity index is 2.15. The Kier molecular flexibility index (Phi) is 6.18. The number of primary amides is 1. The molecule has 0 spiro atoms. The molecule has 1 amide bonds. The summed E-state index contributed by atoms with van der Waals surface area (Å²) in [6.45, 7) is 6.89. The third-order valence-corrected chi connectivity index (χ3v) is 5.12. The number of carbonyl (C=O) groups is 1. The molecule has 2 atom stereocenters. The summed E-state index contributed by atoms with van der Waals surface area (Å²) in [5.74, 6) is 0.0139. The average molecular weight is 392 g/mol. The van der Waals surface area contributed by atoms with E-state index in [2.05, 4.69) is 37.5 Å². The van der Waals surface area contributed by atoms with Crippen LogP contribution >= 0.6 is 0 Å². The molecule has 5 nitrogen and oxygen atoms in total. The Morgan fingerprint density at radius 3 is 2.17 bits per heavy atom. The number of benzene rings is 2. The number of ether oxygens (including phenoxy) is 1. The summed E-state index contributed by atoms with van der Waals surface area (Å²) in [5, 5.41) is 0. The van der Waals surface area contributed by atoms with Gasteiger partial charge in [-0.2, -0.15) is 0 Å². The molecule has 3 rings (SSSR count). The van der Waals surface area contributed by atoms with Crippen molar-refractivity contribution in [3.8, 4) is 11.3 Å². The van der Waals surface area contributed by atoms with Crippen molar-refractivity contribution in [1.29, 1.82) is 0 Å². The second kappa shape index (κ2) is 8.62. The number of imidazole rings is 1. The number of nitrogens with two attached hydrogens (primary N) is 1. The standard InChI is InChI=1S/C24H29N3O2/c1-24(2,3)20(21(29-4)22(25)28)23-26-19(18-13-9-6-10-14-18)16-27(23)15-17-11-7-5-8-12-17/h5-14,16,20-21H,15H2,1-4H3,(H2,25,28)/t20-,21?/m0/s1. The van der Waals surface area contributed by atoms with Gasteiger partial charge in [-0.15, -0.1) is 0 Å². The molecule has 1 heterocycles. The topological polar surface area (TPSA) is 70.1 Å². The van der Waals surface area contributed by atoms with Crippen LogP contribution in [0, 0.1) is 5.41 Å². The van der Waals surface area contributed by atoms with Crippen molar-refractivity contribution in [2.45, 2.75) is 39.3 Å². The zero-order valence-corrected chi connectivity index (χ0v) is 17.5. The average Bonchev–Trinajstić information content (AvgIpc) is 3.09. The molecule has 0 radical (unpaired) electrons. The molecule has 152 valence electrons. The van der Waals surface area contributed by atoms with Gasteiger partial charge in [0.2, 0.25) is 5.91 Å². The molecule has 5 heteroatoms. The van der Waals surface area contributed by atoms with Gasteiger partial charge < -0.3 is 15.0 Å². The summed E-state index contributed by atoms with van der Waals surface area (Å²) >= 11 is 0. The predicted molar refractivity (Wildman–Crippen MR) is 115 cm³/mol. The fraction of sp³-hybridized carbons (Fsp3) is 0.333. The van der Waals surface area contributed by atoms with Crippen LogP contribution in [0.25, 0.3) is 11.3 Å². The normalized spacial score (nSPS) is 13.8. The van der Waals surface area contributed by atoms with E-state index in [4.69, 9.17) is 15.5 Å². The van der Waals surface area contributed by atoms with Crippen LogP contribution in [-0.2, 0) is 16.1 Å². The molecule has 2 N–H and O–H groups in total. The molecule has 1 aromatic heterocycles. The third-order valence-electron chi connectivity index (χ3n) is 5.12. The second-order valence-electron chi connectivity index (χ2n) is 8.37. The Bertz CT molecular complexity index is 943. The molecule has 1 unspecified atom stereocenters. The number of hydrogen-bond acceptors (Lipinski definition) is 3. The van der Waals surface area contributed by atoms with E-state index >= 15 is 0 Å². The number of methoxy groups -OCH3 is 1. The summed E-state index contributed by atoms with van der Waals surface area (Å²) in [5.41, 5.74) is 8.47. The lowest BCUT2D eigenvalue weighted by Gasteiger charge is -2.34. The first-order chi connectivity index (χ1) is 13.8. The molecule has 0 aliphatic rings. The van der Waals surface area contributed by atoms with Crippen LogP contribution in [0.1, 0.15) is 38.1 Å². The highest BCUT2D eigenvalue weighted by atomic mass is 16.5. The zero-order valence-electron chi connectivity index (χ0n) is 17.5. The maximum atomic E-state index is 12.2. The van der Waals surface area contributed by atoms with E-state index in [1.807, 2.05) is 54.7 Å². The number of hydrogen-bond donors (Lipinski definition) is 1. The fourth-order valence-electron chi connectivity index (χ4n) is 3.73. The van der Waals surface area contributed by atoms with Crippen molar-refractivity contribution in [3.05, 3.63) is 78.2 Å². The van der Waals surface area contributed by atoms with Gasteiger partial charge in [0.25, 0.3) is 0 Å². The number of amides is 1. The van der Waals surface area contributed by atoms with Crippen molar-refractivity contribution < 1.29 is 9.53 Å². The highest BCUT2D eigenvalue weighted by molar-refractivity contribution is 5.80. The van der Waals surface area contributed by atoms with Gasteiger partial charge in [-0.3, -0.25) is 4.79 Å². The summed E-state index contributed by atoms with van der Waals surface area (Å²) in [6.07, 6.45) is 1.28. The molecule has 0 saturated heterocycles. The minimum absolute atomic E-state index is 0.288. The van der Waals surface area contributed by atoms with Crippen molar-refractivity contribution in [2.24, 2.45) is 11.1 Å². The number of aromatic nitrogens is 2. The van der Waals surface area contributed by atoms with Crippen LogP contribution in [0.5, 0.6) is 0 Å². The lowest BCUT2D eigenvalue weighted by molar-refractivity contribution is -0.131. The molecule has 0 bridgehead atoms. The van der Waals surface area contributed by atoms with E-state index < -0.39 is 12.0 Å². The number of carbonyl (C=O) groups excluding carboxylic acids is 1. The summed E-state index contributed by atoms with van der Waals surface area (Å²) in [4.78, 5) is 17.2. The Hall–Kier alpha value is -2.92.